The Morgan fingerprint density at radius 3 is 2.38 bits per heavy atom. The lowest BCUT2D eigenvalue weighted by Crippen LogP contribution is -2.37. The van der Waals surface area contributed by atoms with Gasteiger partial charge in [-0.15, -0.1) is 0 Å². The van der Waals surface area contributed by atoms with Crippen LogP contribution in [0.1, 0.15) is 31.4 Å². The number of hydrogen-bond acceptors (Lipinski definition) is 6. The zero-order valence-electron chi connectivity index (χ0n) is 15.4. The summed E-state index contributed by atoms with van der Waals surface area (Å²) in [5.74, 6) is 1.28. The molecule has 1 atom stereocenters. The van der Waals surface area contributed by atoms with E-state index < -0.39 is 0 Å². The standard InChI is InChI=1S/C20H27N5O/c1-15(24-10-12-26-13-11-24)16-4-6-17(7-5-16)18-14-19(21)23-20(22-18)25-8-2-3-9-25/h4-7,14-15H,2-3,8-13H2,1H3,(H2,21,22,23). The van der Waals surface area contributed by atoms with E-state index in [-0.39, 0.29) is 0 Å². The van der Waals surface area contributed by atoms with Gasteiger partial charge >= 0.3 is 0 Å². The molecule has 2 aliphatic heterocycles. The van der Waals surface area contributed by atoms with Crippen molar-refractivity contribution in [2.75, 3.05) is 50.0 Å². The van der Waals surface area contributed by atoms with Gasteiger partial charge in [-0.25, -0.2) is 4.98 Å². The van der Waals surface area contributed by atoms with Crippen LogP contribution in [0.5, 0.6) is 0 Å². The number of nitrogens with two attached hydrogens (primary N) is 1. The summed E-state index contributed by atoms with van der Waals surface area (Å²) in [4.78, 5) is 13.9. The molecule has 2 N–H and O–H groups in total. The number of ether oxygens (including phenoxy) is 1. The quantitative estimate of drug-likeness (QED) is 0.912. The zero-order valence-corrected chi connectivity index (χ0v) is 15.4. The molecule has 1 aromatic carbocycles. The second-order valence-corrected chi connectivity index (χ2v) is 7.12. The average molecular weight is 353 g/mol. The molecule has 1 unspecified atom stereocenters. The summed E-state index contributed by atoms with van der Waals surface area (Å²) in [6, 6.07) is 10.9. The molecule has 1 aromatic heterocycles. The first-order valence-electron chi connectivity index (χ1n) is 9.52. The third-order valence-corrected chi connectivity index (χ3v) is 5.41. The van der Waals surface area contributed by atoms with Crippen molar-refractivity contribution in [3.05, 3.63) is 35.9 Å². The Bertz CT molecular complexity index is 736. The second-order valence-electron chi connectivity index (χ2n) is 7.12. The summed E-state index contributed by atoms with van der Waals surface area (Å²) in [6.45, 7) is 7.91. The summed E-state index contributed by atoms with van der Waals surface area (Å²) in [5, 5.41) is 0. The highest BCUT2D eigenvalue weighted by Gasteiger charge is 2.19. The highest BCUT2D eigenvalue weighted by atomic mass is 16.5. The minimum Gasteiger partial charge on any atom is -0.384 e. The largest absolute Gasteiger partial charge is 0.384 e. The van der Waals surface area contributed by atoms with E-state index in [0.717, 1.165) is 56.6 Å². The van der Waals surface area contributed by atoms with Crippen molar-refractivity contribution in [2.24, 2.45) is 0 Å². The molecule has 2 aliphatic rings. The normalized spacial score (nSPS) is 19.7. The first-order chi connectivity index (χ1) is 12.7. The van der Waals surface area contributed by atoms with Gasteiger partial charge in [-0.05, 0) is 25.3 Å². The Balaban J connectivity index is 1.54. The molecule has 6 nitrogen and oxygen atoms in total. The van der Waals surface area contributed by atoms with Crippen molar-refractivity contribution in [2.45, 2.75) is 25.8 Å². The lowest BCUT2D eigenvalue weighted by molar-refractivity contribution is 0.0198. The van der Waals surface area contributed by atoms with E-state index in [9.17, 15) is 0 Å². The number of benzene rings is 1. The van der Waals surface area contributed by atoms with Crippen LogP contribution >= 0.6 is 0 Å². The Labute approximate surface area is 155 Å². The first-order valence-corrected chi connectivity index (χ1v) is 9.52. The van der Waals surface area contributed by atoms with Gasteiger partial charge in [0.15, 0.2) is 0 Å². The van der Waals surface area contributed by atoms with Gasteiger partial charge in [0.25, 0.3) is 0 Å². The van der Waals surface area contributed by atoms with E-state index in [1.54, 1.807) is 0 Å². The fourth-order valence-corrected chi connectivity index (χ4v) is 3.77. The van der Waals surface area contributed by atoms with Crippen molar-refractivity contribution < 1.29 is 4.74 Å². The fourth-order valence-electron chi connectivity index (χ4n) is 3.77. The fraction of sp³-hybridized carbons (Fsp3) is 0.500. The van der Waals surface area contributed by atoms with Gasteiger partial charge in [0.1, 0.15) is 5.82 Å². The van der Waals surface area contributed by atoms with Gasteiger partial charge in [0.2, 0.25) is 5.95 Å². The Morgan fingerprint density at radius 2 is 1.69 bits per heavy atom. The lowest BCUT2D eigenvalue weighted by atomic mass is 10.0. The Kier molecular flexibility index (Phi) is 5.04. The monoisotopic (exact) mass is 353 g/mol. The number of anilines is 2. The second kappa shape index (κ2) is 7.60. The molecule has 2 fully saturated rings. The van der Waals surface area contributed by atoms with E-state index in [0.29, 0.717) is 11.9 Å². The maximum absolute atomic E-state index is 6.04. The van der Waals surface area contributed by atoms with E-state index in [1.807, 2.05) is 6.07 Å². The zero-order chi connectivity index (χ0) is 17.9. The van der Waals surface area contributed by atoms with Crippen LogP contribution in [0.15, 0.2) is 30.3 Å². The molecule has 2 saturated heterocycles. The van der Waals surface area contributed by atoms with E-state index in [4.69, 9.17) is 15.5 Å². The lowest BCUT2D eigenvalue weighted by Gasteiger charge is -2.32. The molecule has 0 aliphatic carbocycles. The minimum absolute atomic E-state index is 0.392. The Morgan fingerprint density at radius 1 is 1.00 bits per heavy atom. The number of morpholine rings is 1. The number of nitrogen functional groups attached to an aromatic ring is 1. The maximum atomic E-state index is 6.04. The number of rotatable bonds is 4. The predicted molar refractivity (Wildman–Crippen MR) is 104 cm³/mol. The molecular formula is C20H27N5O. The van der Waals surface area contributed by atoms with Crippen LogP contribution < -0.4 is 10.6 Å². The number of nitrogens with zero attached hydrogens (tertiary/aromatic N) is 4. The van der Waals surface area contributed by atoms with Crippen LogP contribution in [0, 0.1) is 0 Å². The predicted octanol–water partition coefficient (Wildman–Crippen LogP) is 2.72. The molecule has 3 heterocycles. The SMILES string of the molecule is CC(c1ccc(-c2cc(N)nc(N3CCCC3)n2)cc1)N1CCOCC1. The topological polar surface area (TPSA) is 67.5 Å². The summed E-state index contributed by atoms with van der Waals surface area (Å²) in [7, 11) is 0. The summed E-state index contributed by atoms with van der Waals surface area (Å²) >= 11 is 0. The van der Waals surface area contributed by atoms with Crippen LogP contribution in [-0.2, 0) is 4.74 Å². The van der Waals surface area contributed by atoms with Gasteiger partial charge in [-0.1, -0.05) is 24.3 Å². The molecule has 0 bridgehead atoms. The highest BCUT2D eigenvalue weighted by Crippen LogP contribution is 2.27. The molecule has 6 heteroatoms. The van der Waals surface area contributed by atoms with Gasteiger partial charge in [-0.2, -0.15) is 4.98 Å². The van der Waals surface area contributed by atoms with E-state index in [1.165, 1.54) is 18.4 Å². The van der Waals surface area contributed by atoms with Gasteiger partial charge in [-0.3, -0.25) is 4.90 Å². The van der Waals surface area contributed by atoms with Crippen molar-refractivity contribution >= 4 is 11.8 Å². The number of aromatic nitrogens is 2. The molecule has 26 heavy (non-hydrogen) atoms. The first kappa shape index (κ1) is 17.2. The maximum Gasteiger partial charge on any atom is 0.227 e. The van der Waals surface area contributed by atoms with Crippen LogP contribution in [0.3, 0.4) is 0 Å². The molecule has 0 amide bonds. The van der Waals surface area contributed by atoms with Crippen LogP contribution in [0.4, 0.5) is 11.8 Å². The van der Waals surface area contributed by atoms with E-state index >= 15 is 0 Å². The van der Waals surface area contributed by atoms with Crippen molar-refractivity contribution in [3.8, 4) is 11.3 Å². The molecule has 0 saturated carbocycles. The number of hydrogen-bond donors (Lipinski definition) is 1. The third-order valence-electron chi connectivity index (χ3n) is 5.41. The van der Waals surface area contributed by atoms with E-state index in [2.05, 4.69) is 46.0 Å². The van der Waals surface area contributed by atoms with Gasteiger partial charge in [0.05, 0.1) is 18.9 Å². The molecule has 0 radical (unpaired) electrons. The molecule has 138 valence electrons. The van der Waals surface area contributed by atoms with Crippen LogP contribution in [0.25, 0.3) is 11.3 Å². The van der Waals surface area contributed by atoms with Gasteiger partial charge in [0, 0.05) is 43.9 Å². The van der Waals surface area contributed by atoms with Crippen molar-refractivity contribution in [3.63, 3.8) is 0 Å². The molecule has 0 spiro atoms. The van der Waals surface area contributed by atoms with Gasteiger partial charge < -0.3 is 15.4 Å². The molecule has 4 rings (SSSR count). The molecule has 2 aromatic rings. The smallest absolute Gasteiger partial charge is 0.227 e. The van der Waals surface area contributed by atoms with Crippen molar-refractivity contribution in [1.29, 1.82) is 0 Å². The third kappa shape index (κ3) is 3.66. The minimum atomic E-state index is 0.392. The summed E-state index contributed by atoms with van der Waals surface area (Å²) in [5.41, 5.74) is 9.34. The average Bonchev–Trinajstić information content (AvgIpc) is 3.23. The summed E-state index contributed by atoms with van der Waals surface area (Å²) in [6.07, 6.45) is 2.39. The van der Waals surface area contributed by atoms with Crippen LogP contribution in [-0.4, -0.2) is 54.3 Å². The summed E-state index contributed by atoms with van der Waals surface area (Å²) < 4.78 is 5.46. The van der Waals surface area contributed by atoms with Crippen molar-refractivity contribution in [1.82, 2.24) is 14.9 Å². The van der Waals surface area contributed by atoms with Crippen LogP contribution in [0.2, 0.25) is 0 Å². The molecular weight excluding hydrogens is 326 g/mol. The Hall–Kier alpha value is -2.18. The highest BCUT2D eigenvalue weighted by molar-refractivity contribution is 5.64.